The largest absolute Gasteiger partial charge is 0.395 e. The molecule has 0 aromatic heterocycles. The number of sulfonamides is 1. The summed E-state index contributed by atoms with van der Waals surface area (Å²) in [6.07, 6.45) is -1.30. The van der Waals surface area contributed by atoms with Gasteiger partial charge in [0.2, 0.25) is 10.0 Å². The maximum absolute atomic E-state index is 12.8. The third kappa shape index (κ3) is 3.74. The number of benzene rings is 1. The fourth-order valence-electron chi connectivity index (χ4n) is 2.66. The van der Waals surface area contributed by atoms with E-state index < -0.39 is 50.1 Å². The first kappa shape index (κ1) is 18.3. The van der Waals surface area contributed by atoms with Crippen molar-refractivity contribution in [3.05, 3.63) is 29.3 Å². The van der Waals surface area contributed by atoms with Crippen molar-refractivity contribution < 1.29 is 27.0 Å². The lowest BCUT2D eigenvalue weighted by Crippen LogP contribution is -2.47. The summed E-state index contributed by atoms with van der Waals surface area (Å²) in [6.45, 7) is 2.89. The molecule has 0 radical (unpaired) electrons. The van der Waals surface area contributed by atoms with E-state index in [0.29, 0.717) is 0 Å². The Balaban J connectivity index is 2.45. The van der Waals surface area contributed by atoms with Gasteiger partial charge in [-0.25, -0.2) is 16.8 Å². The molecular weight excluding hydrogens is 342 g/mol. The summed E-state index contributed by atoms with van der Waals surface area (Å²) in [5.41, 5.74) is 1.72. The second-order valence-corrected chi connectivity index (χ2v) is 9.84. The molecule has 7 nitrogen and oxygen atoms in total. The van der Waals surface area contributed by atoms with Crippen molar-refractivity contribution in [2.24, 2.45) is 0 Å². The van der Waals surface area contributed by atoms with Crippen molar-refractivity contribution >= 4 is 19.9 Å². The predicted molar refractivity (Wildman–Crippen MR) is 85.3 cm³/mol. The molecule has 0 bridgehead atoms. The zero-order valence-electron chi connectivity index (χ0n) is 13.0. The number of aliphatic hydroxyl groups is 2. The maximum Gasteiger partial charge on any atom is 0.243 e. The average molecular weight is 363 g/mol. The minimum Gasteiger partial charge on any atom is -0.395 e. The third-order valence-electron chi connectivity index (χ3n) is 4.07. The highest BCUT2D eigenvalue weighted by Gasteiger charge is 2.44. The molecule has 130 valence electrons. The van der Waals surface area contributed by atoms with Crippen LogP contribution in [-0.2, 0) is 19.9 Å². The van der Waals surface area contributed by atoms with Crippen LogP contribution in [0.5, 0.6) is 0 Å². The van der Waals surface area contributed by atoms with Gasteiger partial charge < -0.3 is 10.2 Å². The monoisotopic (exact) mass is 363 g/mol. The van der Waals surface area contributed by atoms with Gasteiger partial charge in [0.15, 0.2) is 9.84 Å². The molecule has 1 aromatic rings. The van der Waals surface area contributed by atoms with Crippen LogP contribution in [0, 0.1) is 13.8 Å². The number of sulfone groups is 1. The lowest BCUT2D eigenvalue weighted by atomic mass is 10.1. The van der Waals surface area contributed by atoms with Crippen LogP contribution in [0.25, 0.3) is 0 Å². The Kier molecular flexibility index (Phi) is 5.17. The lowest BCUT2D eigenvalue weighted by Gasteiger charge is -2.28. The molecule has 0 spiro atoms. The van der Waals surface area contributed by atoms with Crippen molar-refractivity contribution in [3.63, 3.8) is 0 Å². The highest BCUT2D eigenvalue weighted by molar-refractivity contribution is 7.92. The summed E-state index contributed by atoms with van der Waals surface area (Å²) >= 11 is 0. The smallest absolute Gasteiger partial charge is 0.243 e. The Morgan fingerprint density at radius 2 is 1.87 bits per heavy atom. The van der Waals surface area contributed by atoms with Crippen LogP contribution in [0.3, 0.4) is 0 Å². The first-order chi connectivity index (χ1) is 10.6. The van der Waals surface area contributed by atoms with Crippen LogP contribution >= 0.6 is 0 Å². The zero-order chi connectivity index (χ0) is 17.4. The summed E-state index contributed by atoms with van der Waals surface area (Å²) < 4.78 is 49.9. The van der Waals surface area contributed by atoms with Crippen LogP contribution in [0.4, 0.5) is 0 Å². The van der Waals surface area contributed by atoms with E-state index in [1.165, 1.54) is 12.1 Å². The number of aryl methyl sites for hydroxylation is 2. The highest BCUT2D eigenvalue weighted by Crippen LogP contribution is 2.26. The maximum atomic E-state index is 12.8. The normalized spacial score (nSPS) is 24.2. The zero-order valence-corrected chi connectivity index (χ0v) is 14.6. The first-order valence-corrected chi connectivity index (χ1v) is 10.4. The summed E-state index contributed by atoms with van der Waals surface area (Å²) in [6, 6.07) is 3.53. The van der Waals surface area contributed by atoms with Gasteiger partial charge >= 0.3 is 0 Å². The first-order valence-electron chi connectivity index (χ1n) is 7.17. The fraction of sp³-hybridized carbons (Fsp3) is 0.571. The number of rotatable bonds is 5. The van der Waals surface area contributed by atoms with Crippen molar-refractivity contribution in [2.75, 3.05) is 24.7 Å². The topological polar surface area (TPSA) is 112 Å². The molecule has 2 N–H and O–H groups in total. The summed E-state index contributed by atoms with van der Waals surface area (Å²) in [7, 11) is -7.52. The van der Waals surface area contributed by atoms with Crippen molar-refractivity contribution in [1.82, 2.24) is 4.31 Å². The van der Waals surface area contributed by atoms with E-state index in [1.807, 2.05) is 6.92 Å². The van der Waals surface area contributed by atoms with E-state index in [4.69, 9.17) is 0 Å². The summed E-state index contributed by atoms with van der Waals surface area (Å²) in [4.78, 5) is 0.0190. The van der Waals surface area contributed by atoms with Gasteiger partial charge in [-0.1, -0.05) is 6.07 Å². The Morgan fingerprint density at radius 3 is 2.35 bits per heavy atom. The second-order valence-electron chi connectivity index (χ2n) is 5.80. The molecule has 1 saturated heterocycles. The van der Waals surface area contributed by atoms with E-state index in [-0.39, 0.29) is 11.4 Å². The molecule has 9 heteroatoms. The molecule has 2 rings (SSSR count). The van der Waals surface area contributed by atoms with Crippen LogP contribution in [0.1, 0.15) is 11.1 Å². The molecule has 0 saturated carbocycles. The van der Waals surface area contributed by atoms with Crippen LogP contribution in [-0.4, -0.2) is 68.2 Å². The van der Waals surface area contributed by atoms with Gasteiger partial charge in [-0.15, -0.1) is 0 Å². The number of aliphatic hydroxyl groups excluding tert-OH is 2. The Bertz CT molecular complexity index is 787. The second kappa shape index (κ2) is 6.48. The Morgan fingerprint density at radius 1 is 1.22 bits per heavy atom. The minimum absolute atomic E-state index is 0.0190. The van der Waals surface area contributed by atoms with Crippen LogP contribution < -0.4 is 0 Å². The van der Waals surface area contributed by atoms with Gasteiger partial charge in [0.05, 0.1) is 35.2 Å². The van der Waals surface area contributed by atoms with Gasteiger partial charge in [0.1, 0.15) is 0 Å². The Labute approximate surface area is 136 Å². The third-order valence-corrected chi connectivity index (χ3v) is 7.69. The molecule has 2 atom stereocenters. The highest BCUT2D eigenvalue weighted by atomic mass is 32.2. The molecule has 0 amide bonds. The molecule has 1 fully saturated rings. The quantitative estimate of drug-likeness (QED) is 0.726. The summed E-state index contributed by atoms with van der Waals surface area (Å²) in [5, 5.41) is 19.1. The van der Waals surface area contributed by atoms with Crippen LogP contribution in [0.2, 0.25) is 0 Å². The van der Waals surface area contributed by atoms with Gasteiger partial charge in [-0.05, 0) is 37.1 Å². The fourth-order valence-corrected chi connectivity index (χ4v) is 6.28. The van der Waals surface area contributed by atoms with Gasteiger partial charge in [-0.3, -0.25) is 0 Å². The van der Waals surface area contributed by atoms with Gasteiger partial charge in [-0.2, -0.15) is 4.31 Å². The molecule has 1 aromatic carbocycles. The van der Waals surface area contributed by atoms with Gasteiger partial charge in [0, 0.05) is 6.54 Å². The molecule has 1 aliphatic rings. The van der Waals surface area contributed by atoms with E-state index in [9.17, 15) is 27.0 Å². The molecule has 1 aliphatic heterocycles. The van der Waals surface area contributed by atoms with Crippen molar-refractivity contribution in [3.8, 4) is 0 Å². The molecule has 0 unspecified atom stereocenters. The standard InChI is InChI=1S/C14H21NO6S2/c1-10-3-4-12(7-11(10)2)23(20,21)15(5-6-16)13-8-22(18,19)9-14(13)17/h3-4,7,13-14,16-17H,5-6,8-9H2,1-2H3/t13-,14+/m1/s1. The lowest BCUT2D eigenvalue weighted by molar-refractivity contribution is 0.117. The number of hydrogen-bond donors (Lipinski definition) is 2. The van der Waals surface area contributed by atoms with E-state index >= 15 is 0 Å². The van der Waals surface area contributed by atoms with Crippen molar-refractivity contribution in [1.29, 1.82) is 0 Å². The Hall–Kier alpha value is -1.00. The number of nitrogens with zero attached hydrogens (tertiary/aromatic N) is 1. The van der Waals surface area contributed by atoms with Crippen molar-refractivity contribution in [2.45, 2.75) is 30.9 Å². The minimum atomic E-state index is -4.02. The molecule has 23 heavy (non-hydrogen) atoms. The van der Waals surface area contributed by atoms with E-state index in [1.54, 1.807) is 13.0 Å². The van der Waals surface area contributed by atoms with E-state index in [2.05, 4.69) is 0 Å². The summed E-state index contributed by atoms with van der Waals surface area (Å²) in [5.74, 6) is -0.916. The average Bonchev–Trinajstić information content (AvgIpc) is 2.71. The van der Waals surface area contributed by atoms with Crippen LogP contribution in [0.15, 0.2) is 23.1 Å². The molecule has 0 aliphatic carbocycles. The molecular formula is C14H21NO6S2. The van der Waals surface area contributed by atoms with E-state index in [0.717, 1.165) is 15.4 Å². The predicted octanol–water partition coefficient (Wildman–Crippen LogP) is -0.556. The van der Waals surface area contributed by atoms with Gasteiger partial charge in [0.25, 0.3) is 0 Å². The molecule has 1 heterocycles. The SMILES string of the molecule is Cc1ccc(S(=O)(=O)N(CCO)[C@@H]2CS(=O)(=O)C[C@@H]2O)cc1C. The number of hydrogen-bond acceptors (Lipinski definition) is 6.